The van der Waals surface area contributed by atoms with E-state index in [4.69, 9.17) is 5.73 Å². The maximum Gasteiger partial charge on any atom is 0.322 e. The number of methoxy groups -OCH3 is 1. The summed E-state index contributed by atoms with van der Waals surface area (Å²) in [5.74, 6) is 0.358. The molecule has 0 unspecified atom stereocenters. The second kappa shape index (κ2) is 4.42. The van der Waals surface area contributed by atoms with Gasteiger partial charge in [0.25, 0.3) is 0 Å². The molecule has 0 bridgehead atoms. The van der Waals surface area contributed by atoms with Gasteiger partial charge in [0.05, 0.1) is 7.11 Å². The maximum absolute atomic E-state index is 11.0. The van der Waals surface area contributed by atoms with Gasteiger partial charge >= 0.3 is 5.97 Å². The fraction of sp³-hybridized carbons (Fsp3) is 0.875. The molecular weight excluding hydrogens is 156 g/mol. The number of carbonyl (C=O) groups is 1. The second-order valence-corrected chi connectivity index (χ2v) is 3.16. The van der Waals surface area contributed by atoms with E-state index in [1.807, 2.05) is 0 Å². The fourth-order valence-electron chi connectivity index (χ4n) is 1.46. The van der Waals surface area contributed by atoms with Crippen LogP contribution in [0.15, 0.2) is 0 Å². The molecule has 1 heterocycles. The summed E-state index contributed by atoms with van der Waals surface area (Å²) in [5, 5.41) is 3.12. The minimum absolute atomic E-state index is 0.113. The van der Waals surface area contributed by atoms with E-state index in [0.29, 0.717) is 12.5 Å². The van der Waals surface area contributed by atoms with Gasteiger partial charge in [-0.2, -0.15) is 0 Å². The van der Waals surface area contributed by atoms with E-state index in [1.54, 1.807) is 0 Å². The highest BCUT2D eigenvalue weighted by Gasteiger charge is 2.25. The van der Waals surface area contributed by atoms with Crippen LogP contribution in [0.4, 0.5) is 0 Å². The zero-order valence-corrected chi connectivity index (χ0v) is 7.38. The minimum Gasteiger partial charge on any atom is -0.468 e. The lowest BCUT2D eigenvalue weighted by molar-refractivity contribution is -0.143. The van der Waals surface area contributed by atoms with Crippen molar-refractivity contribution in [2.24, 2.45) is 11.7 Å². The number of hydrogen-bond acceptors (Lipinski definition) is 4. The van der Waals surface area contributed by atoms with E-state index < -0.39 is 0 Å². The molecule has 0 amide bonds. The number of rotatable bonds is 2. The van der Waals surface area contributed by atoms with Gasteiger partial charge in [0, 0.05) is 0 Å². The van der Waals surface area contributed by atoms with E-state index in [-0.39, 0.29) is 12.0 Å². The number of hydrogen-bond donors (Lipinski definition) is 2. The van der Waals surface area contributed by atoms with E-state index in [2.05, 4.69) is 10.1 Å². The second-order valence-electron chi connectivity index (χ2n) is 3.16. The van der Waals surface area contributed by atoms with Crippen LogP contribution >= 0.6 is 0 Å². The van der Waals surface area contributed by atoms with Gasteiger partial charge in [-0.3, -0.25) is 4.79 Å². The van der Waals surface area contributed by atoms with Crippen molar-refractivity contribution in [3.05, 3.63) is 0 Å². The molecule has 0 aliphatic carbocycles. The Balaban J connectivity index is 2.30. The monoisotopic (exact) mass is 172 g/mol. The van der Waals surface area contributed by atoms with Crippen molar-refractivity contribution in [2.45, 2.75) is 18.9 Å². The third-order valence-corrected chi connectivity index (χ3v) is 2.34. The van der Waals surface area contributed by atoms with Crippen molar-refractivity contribution >= 4 is 5.97 Å². The SMILES string of the molecule is COC(=O)[C@H]1CC[C@H](CN)CN1. The number of esters is 1. The smallest absolute Gasteiger partial charge is 0.322 e. The van der Waals surface area contributed by atoms with Crippen LogP contribution in [-0.2, 0) is 9.53 Å². The van der Waals surface area contributed by atoms with Crippen LogP contribution in [0.2, 0.25) is 0 Å². The maximum atomic E-state index is 11.0. The summed E-state index contributed by atoms with van der Waals surface area (Å²) in [5.41, 5.74) is 5.50. The zero-order chi connectivity index (χ0) is 8.97. The molecule has 1 saturated heterocycles. The summed E-state index contributed by atoms with van der Waals surface area (Å²) in [7, 11) is 1.42. The molecule has 4 nitrogen and oxygen atoms in total. The Kier molecular flexibility index (Phi) is 3.49. The molecule has 1 fully saturated rings. The molecule has 4 heteroatoms. The highest BCUT2D eigenvalue weighted by atomic mass is 16.5. The van der Waals surface area contributed by atoms with Gasteiger partial charge in [0.1, 0.15) is 6.04 Å². The first-order chi connectivity index (χ1) is 5.77. The normalized spacial score (nSPS) is 29.8. The molecule has 1 aliphatic rings. The molecule has 70 valence electrons. The molecule has 0 aromatic rings. The lowest BCUT2D eigenvalue weighted by Crippen LogP contribution is -2.46. The average Bonchev–Trinajstić information content (AvgIpc) is 2.17. The van der Waals surface area contributed by atoms with E-state index in [9.17, 15) is 4.79 Å². The Morgan fingerprint density at radius 1 is 1.67 bits per heavy atom. The highest BCUT2D eigenvalue weighted by molar-refractivity contribution is 5.75. The quantitative estimate of drug-likeness (QED) is 0.550. The number of piperidine rings is 1. The number of ether oxygens (including phenoxy) is 1. The summed E-state index contributed by atoms with van der Waals surface area (Å²) >= 11 is 0. The molecule has 0 radical (unpaired) electrons. The van der Waals surface area contributed by atoms with Crippen LogP contribution in [0.1, 0.15) is 12.8 Å². The van der Waals surface area contributed by atoms with Crippen molar-refractivity contribution in [1.29, 1.82) is 0 Å². The van der Waals surface area contributed by atoms with Gasteiger partial charge in [-0.15, -0.1) is 0 Å². The Labute approximate surface area is 72.5 Å². The Morgan fingerprint density at radius 3 is 2.83 bits per heavy atom. The van der Waals surface area contributed by atoms with E-state index in [1.165, 1.54) is 7.11 Å². The summed E-state index contributed by atoms with van der Waals surface area (Å²) in [4.78, 5) is 11.0. The number of nitrogens with one attached hydrogen (secondary N) is 1. The fourth-order valence-corrected chi connectivity index (χ4v) is 1.46. The number of carbonyl (C=O) groups excluding carboxylic acids is 1. The van der Waals surface area contributed by atoms with Gasteiger partial charge in [0.15, 0.2) is 0 Å². The van der Waals surface area contributed by atoms with Crippen LogP contribution in [0.25, 0.3) is 0 Å². The van der Waals surface area contributed by atoms with E-state index in [0.717, 1.165) is 19.4 Å². The summed E-state index contributed by atoms with van der Waals surface area (Å²) in [6, 6.07) is -0.113. The first kappa shape index (κ1) is 9.48. The van der Waals surface area contributed by atoms with Gasteiger partial charge < -0.3 is 15.8 Å². The van der Waals surface area contributed by atoms with Gasteiger partial charge in [-0.05, 0) is 31.8 Å². The topological polar surface area (TPSA) is 64.3 Å². The standard InChI is InChI=1S/C8H16N2O2/c1-12-8(11)7-3-2-6(4-9)5-10-7/h6-7,10H,2-5,9H2,1H3/t6-,7-/m1/s1. The molecule has 1 aliphatic heterocycles. The molecule has 3 N–H and O–H groups in total. The zero-order valence-electron chi connectivity index (χ0n) is 7.38. The van der Waals surface area contributed by atoms with Crippen molar-refractivity contribution in [1.82, 2.24) is 5.32 Å². The lowest BCUT2D eigenvalue weighted by Gasteiger charge is -2.27. The molecular formula is C8H16N2O2. The molecule has 2 atom stereocenters. The summed E-state index contributed by atoms with van der Waals surface area (Å²) < 4.78 is 4.63. The van der Waals surface area contributed by atoms with Crippen LogP contribution in [-0.4, -0.2) is 32.2 Å². The average molecular weight is 172 g/mol. The third kappa shape index (κ3) is 2.19. The van der Waals surface area contributed by atoms with Crippen molar-refractivity contribution < 1.29 is 9.53 Å². The minimum atomic E-state index is -0.162. The van der Waals surface area contributed by atoms with Crippen LogP contribution in [0.5, 0.6) is 0 Å². The van der Waals surface area contributed by atoms with Crippen LogP contribution < -0.4 is 11.1 Å². The summed E-state index contributed by atoms with van der Waals surface area (Å²) in [6.07, 6.45) is 1.86. The van der Waals surface area contributed by atoms with Crippen LogP contribution in [0.3, 0.4) is 0 Å². The van der Waals surface area contributed by atoms with Gasteiger partial charge in [-0.1, -0.05) is 0 Å². The Bertz CT molecular complexity index is 153. The van der Waals surface area contributed by atoms with E-state index >= 15 is 0 Å². The highest BCUT2D eigenvalue weighted by Crippen LogP contribution is 2.13. The lowest BCUT2D eigenvalue weighted by atomic mass is 9.95. The molecule has 0 aromatic carbocycles. The molecule has 1 rings (SSSR count). The third-order valence-electron chi connectivity index (χ3n) is 2.34. The van der Waals surface area contributed by atoms with Crippen molar-refractivity contribution in [2.75, 3.05) is 20.2 Å². The van der Waals surface area contributed by atoms with Gasteiger partial charge in [0.2, 0.25) is 0 Å². The Hall–Kier alpha value is -0.610. The first-order valence-corrected chi connectivity index (χ1v) is 4.29. The van der Waals surface area contributed by atoms with Crippen molar-refractivity contribution in [3.8, 4) is 0 Å². The number of nitrogens with two attached hydrogens (primary N) is 1. The van der Waals surface area contributed by atoms with Crippen molar-refractivity contribution in [3.63, 3.8) is 0 Å². The molecule has 12 heavy (non-hydrogen) atoms. The first-order valence-electron chi connectivity index (χ1n) is 4.29. The molecule has 0 aromatic heterocycles. The summed E-state index contributed by atoms with van der Waals surface area (Å²) in [6.45, 7) is 1.52. The van der Waals surface area contributed by atoms with Crippen LogP contribution in [0, 0.1) is 5.92 Å². The Morgan fingerprint density at radius 2 is 2.42 bits per heavy atom. The predicted molar refractivity (Wildman–Crippen MR) is 45.6 cm³/mol. The molecule has 0 saturated carbocycles. The largest absolute Gasteiger partial charge is 0.468 e. The van der Waals surface area contributed by atoms with Gasteiger partial charge in [-0.25, -0.2) is 0 Å². The molecule has 0 spiro atoms. The predicted octanol–water partition coefficient (Wildman–Crippen LogP) is -0.514.